The van der Waals surface area contributed by atoms with E-state index >= 15 is 0 Å². The molecule has 0 spiro atoms. The van der Waals surface area contributed by atoms with Crippen molar-refractivity contribution in [1.82, 2.24) is 19.9 Å². The van der Waals surface area contributed by atoms with Crippen LogP contribution in [-0.2, 0) is 18.7 Å². The molecule has 1 atom stereocenters. The highest BCUT2D eigenvalue weighted by atomic mass is 32.2. The topological polar surface area (TPSA) is 73.0 Å². The average molecular weight is 501 g/mol. The Hall–Kier alpha value is -3.91. The van der Waals surface area contributed by atoms with Gasteiger partial charge < -0.3 is 9.73 Å². The van der Waals surface area contributed by atoms with Crippen LogP contribution in [0.5, 0.6) is 0 Å². The number of thioether (sulfide) groups is 1. The number of fused-ring (bicyclic) bond motifs is 1. The van der Waals surface area contributed by atoms with Crippen molar-refractivity contribution in [2.45, 2.75) is 36.8 Å². The van der Waals surface area contributed by atoms with Crippen LogP contribution < -0.4 is 5.32 Å². The Kier molecular flexibility index (Phi) is 7.13. The number of pyridine rings is 1. The van der Waals surface area contributed by atoms with Crippen molar-refractivity contribution in [3.05, 3.63) is 114 Å². The van der Waals surface area contributed by atoms with Gasteiger partial charge in [0.2, 0.25) is 0 Å². The lowest BCUT2D eigenvalue weighted by Crippen LogP contribution is -2.33. The number of hydrogen-bond acceptors (Lipinski definition) is 5. The van der Waals surface area contributed by atoms with Gasteiger partial charge in [-0.15, -0.1) is 0 Å². The second-order valence-electron chi connectivity index (χ2n) is 8.56. The van der Waals surface area contributed by atoms with Crippen molar-refractivity contribution >= 4 is 28.8 Å². The number of nitrogens with one attached hydrogen (secondary N) is 1. The predicted molar refractivity (Wildman–Crippen MR) is 138 cm³/mol. The normalized spacial score (nSPS) is 12.1. The molecular formula is C28H25FN4O2S. The van der Waals surface area contributed by atoms with E-state index in [9.17, 15) is 9.18 Å². The first-order valence-electron chi connectivity index (χ1n) is 11.7. The summed E-state index contributed by atoms with van der Waals surface area (Å²) in [6.07, 6.45) is 3.98. The Balaban J connectivity index is 1.26. The Morgan fingerprint density at radius 2 is 1.92 bits per heavy atom. The molecule has 0 bridgehead atoms. The molecule has 3 aromatic heterocycles. The molecule has 0 aliphatic carbocycles. The molecule has 0 aliphatic rings. The SMILES string of the molecule is C[C@@H](Cc1ccco1)NC(=O)c1ccc(CSc2nc3cccnc3n2Cc2ccccc2F)cc1. The van der Waals surface area contributed by atoms with E-state index in [0.29, 0.717) is 29.8 Å². The van der Waals surface area contributed by atoms with Crippen LogP contribution in [-0.4, -0.2) is 26.5 Å². The minimum Gasteiger partial charge on any atom is -0.469 e. The number of carbonyl (C=O) groups is 1. The van der Waals surface area contributed by atoms with Gasteiger partial charge in [-0.05, 0) is 55.0 Å². The zero-order valence-corrected chi connectivity index (χ0v) is 20.5. The van der Waals surface area contributed by atoms with E-state index in [1.54, 1.807) is 36.4 Å². The number of imidazole rings is 1. The Morgan fingerprint density at radius 3 is 2.69 bits per heavy atom. The zero-order chi connectivity index (χ0) is 24.9. The summed E-state index contributed by atoms with van der Waals surface area (Å²) in [7, 11) is 0. The molecule has 5 aromatic rings. The number of amides is 1. The number of nitrogens with zero attached hydrogens (tertiary/aromatic N) is 3. The third-order valence-electron chi connectivity index (χ3n) is 5.80. The number of hydrogen-bond donors (Lipinski definition) is 1. The van der Waals surface area contributed by atoms with Crippen LogP contribution >= 0.6 is 11.8 Å². The van der Waals surface area contributed by atoms with Gasteiger partial charge in [0, 0.05) is 35.5 Å². The molecule has 3 heterocycles. The Labute approximate surface area is 212 Å². The summed E-state index contributed by atoms with van der Waals surface area (Å²) in [4.78, 5) is 21.8. The Morgan fingerprint density at radius 1 is 1.08 bits per heavy atom. The molecule has 2 aromatic carbocycles. The average Bonchev–Trinajstić information content (AvgIpc) is 3.52. The first kappa shape index (κ1) is 23.8. The van der Waals surface area contributed by atoms with E-state index in [1.165, 1.54) is 6.07 Å². The fraction of sp³-hybridized carbons (Fsp3) is 0.179. The van der Waals surface area contributed by atoms with Crippen LogP contribution in [0.1, 0.15) is 34.2 Å². The Bertz CT molecular complexity index is 1460. The van der Waals surface area contributed by atoms with Crippen LogP contribution in [0.4, 0.5) is 4.39 Å². The van der Waals surface area contributed by atoms with Crippen molar-refractivity contribution < 1.29 is 13.6 Å². The van der Waals surface area contributed by atoms with E-state index in [4.69, 9.17) is 9.40 Å². The third kappa shape index (κ3) is 5.49. The summed E-state index contributed by atoms with van der Waals surface area (Å²) in [5.74, 6) is 1.12. The molecular weight excluding hydrogens is 475 g/mol. The van der Waals surface area contributed by atoms with Crippen molar-refractivity contribution in [3.8, 4) is 0 Å². The second kappa shape index (κ2) is 10.8. The zero-order valence-electron chi connectivity index (χ0n) is 19.7. The van der Waals surface area contributed by atoms with Crippen molar-refractivity contribution in [2.75, 3.05) is 0 Å². The van der Waals surface area contributed by atoms with Crippen LogP contribution in [0.15, 0.2) is 94.8 Å². The largest absolute Gasteiger partial charge is 0.469 e. The molecule has 0 aliphatic heterocycles. The van der Waals surface area contributed by atoms with Gasteiger partial charge in [-0.3, -0.25) is 9.36 Å². The van der Waals surface area contributed by atoms with E-state index in [2.05, 4.69) is 10.3 Å². The first-order valence-corrected chi connectivity index (χ1v) is 12.6. The van der Waals surface area contributed by atoms with Gasteiger partial charge in [0.1, 0.15) is 17.1 Å². The highest BCUT2D eigenvalue weighted by Gasteiger charge is 2.15. The molecule has 0 saturated carbocycles. The number of aromatic nitrogens is 3. The number of carbonyl (C=O) groups excluding carboxylic acids is 1. The number of halogens is 1. The standard InChI is InChI=1S/C28H25FN4O2S/c1-19(16-23-7-5-15-35-23)31-27(34)21-12-10-20(11-13-21)18-36-28-32-25-9-4-14-30-26(25)33(28)17-22-6-2-3-8-24(22)29/h2-15,19H,16-18H2,1H3,(H,31,34)/t19-/m0/s1. The molecule has 8 heteroatoms. The van der Waals surface area contributed by atoms with Crippen LogP contribution in [0, 0.1) is 5.82 Å². The van der Waals surface area contributed by atoms with Gasteiger partial charge in [-0.25, -0.2) is 14.4 Å². The van der Waals surface area contributed by atoms with Crippen molar-refractivity contribution in [2.24, 2.45) is 0 Å². The van der Waals surface area contributed by atoms with E-state index in [0.717, 1.165) is 27.6 Å². The minimum atomic E-state index is -0.251. The summed E-state index contributed by atoms with van der Waals surface area (Å²) in [6.45, 7) is 2.30. The molecule has 0 radical (unpaired) electrons. The predicted octanol–water partition coefficient (Wildman–Crippen LogP) is 5.87. The number of furan rings is 1. The molecule has 182 valence electrons. The minimum absolute atomic E-state index is 0.0464. The maximum Gasteiger partial charge on any atom is 0.251 e. The van der Waals surface area contributed by atoms with Gasteiger partial charge in [0.25, 0.3) is 5.91 Å². The number of benzene rings is 2. The van der Waals surface area contributed by atoms with Crippen molar-refractivity contribution in [3.63, 3.8) is 0 Å². The highest BCUT2D eigenvalue weighted by molar-refractivity contribution is 7.98. The highest BCUT2D eigenvalue weighted by Crippen LogP contribution is 2.27. The molecule has 0 fully saturated rings. The molecule has 0 saturated heterocycles. The molecule has 1 N–H and O–H groups in total. The fourth-order valence-corrected chi connectivity index (χ4v) is 4.93. The maximum atomic E-state index is 14.3. The molecule has 36 heavy (non-hydrogen) atoms. The second-order valence-corrected chi connectivity index (χ2v) is 9.50. The molecule has 0 unspecified atom stereocenters. The molecule has 5 rings (SSSR count). The summed E-state index contributed by atoms with van der Waals surface area (Å²) >= 11 is 1.56. The first-order chi connectivity index (χ1) is 17.6. The van der Waals surface area contributed by atoms with Crippen molar-refractivity contribution in [1.29, 1.82) is 0 Å². The number of rotatable bonds is 9. The third-order valence-corrected chi connectivity index (χ3v) is 6.85. The van der Waals surface area contributed by atoms with E-state index < -0.39 is 0 Å². The summed E-state index contributed by atoms with van der Waals surface area (Å²) in [6, 6.07) is 21.7. The van der Waals surface area contributed by atoms with E-state index in [-0.39, 0.29) is 17.8 Å². The quantitative estimate of drug-likeness (QED) is 0.257. The van der Waals surface area contributed by atoms with E-state index in [1.807, 2.05) is 66.1 Å². The molecule has 6 nitrogen and oxygen atoms in total. The monoisotopic (exact) mass is 500 g/mol. The fourth-order valence-electron chi connectivity index (χ4n) is 3.98. The summed E-state index contributed by atoms with van der Waals surface area (Å²) < 4.78 is 21.6. The lowest BCUT2D eigenvalue weighted by Gasteiger charge is -2.13. The smallest absolute Gasteiger partial charge is 0.251 e. The van der Waals surface area contributed by atoms with Gasteiger partial charge in [-0.1, -0.05) is 42.1 Å². The lowest BCUT2D eigenvalue weighted by atomic mass is 10.1. The van der Waals surface area contributed by atoms with Crippen LogP contribution in [0.2, 0.25) is 0 Å². The van der Waals surface area contributed by atoms with Crippen LogP contribution in [0.25, 0.3) is 11.2 Å². The summed E-state index contributed by atoms with van der Waals surface area (Å²) in [5, 5.41) is 3.77. The van der Waals surface area contributed by atoms with Gasteiger partial charge >= 0.3 is 0 Å². The molecule has 1 amide bonds. The van der Waals surface area contributed by atoms with Crippen LogP contribution in [0.3, 0.4) is 0 Å². The summed E-state index contributed by atoms with van der Waals surface area (Å²) in [5.41, 5.74) is 3.73. The van der Waals surface area contributed by atoms with Gasteiger partial charge in [-0.2, -0.15) is 0 Å². The lowest BCUT2D eigenvalue weighted by molar-refractivity contribution is 0.0939. The van der Waals surface area contributed by atoms with Gasteiger partial charge in [0.05, 0.1) is 12.8 Å². The maximum absolute atomic E-state index is 14.3. The van der Waals surface area contributed by atoms with Gasteiger partial charge in [0.15, 0.2) is 10.8 Å².